The standard InChI is InChI=1S/C16H12BrFN2O2/c1-10(21)20-16(12-4-8-14(18)9-5-12)22-15(19-20)11-2-6-13(17)7-3-11/h2-9,16H,1H3. The highest BCUT2D eigenvalue weighted by Gasteiger charge is 2.32. The van der Waals surface area contributed by atoms with Crippen molar-refractivity contribution in [3.8, 4) is 0 Å². The van der Waals surface area contributed by atoms with Gasteiger partial charge in [-0.2, -0.15) is 5.01 Å². The second kappa shape index (κ2) is 5.88. The van der Waals surface area contributed by atoms with E-state index in [2.05, 4.69) is 21.0 Å². The summed E-state index contributed by atoms with van der Waals surface area (Å²) in [6.45, 7) is 1.41. The van der Waals surface area contributed by atoms with E-state index in [0.29, 0.717) is 11.5 Å². The molecule has 4 nitrogen and oxygen atoms in total. The first kappa shape index (κ1) is 14.7. The largest absolute Gasteiger partial charge is 0.446 e. The molecule has 112 valence electrons. The highest BCUT2D eigenvalue weighted by Crippen LogP contribution is 2.30. The van der Waals surface area contributed by atoms with Crippen molar-refractivity contribution in [2.24, 2.45) is 5.10 Å². The zero-order valence-corrected chi connectivity index (χ0v) is 13.2. The molecule has 0 spiro atoms. The van der Waals surface area contributed by atoms with Gasteiger partial charge >= 0.3 is 0 Å². The lowest BCUT2D eigenvalue weighted by Crippen LogP contribution is -2.25. The molecule has 0 aromatic heterocycles. The van der Waals surface area contributed by atoms with Crippen molar-refractivity contribution in [2.45, 2.75) is 13.2 Å². The first-order valence-corrected chi connectivity index (χ1v) is 7.40. The number of rotatable bonds is 2. The predicted molar refractivity (Wildman–Crippen MR) is 83.4 cm³/mol. The molecule has 0 radical (unpaired) electrons. The summed E-state index contributed by atoms with van der Waals surface area (Å²) in [5.41, 5.74) is 1.42. The number of hydrogen-bond acceptors (Lipinski definition) is 3. The summed E-state index contributed by atoms with van der Waals surface area (Å²) in [5.74, 6) is -0.233. The van der Waals surface area contributed by atoms with Gasteiger partial charge in [0, 0.05) is 22.5 Å². The topological polar surface area (TPSA) is 41.9 Å². The van der Waals surface area contributed by atoms with Gasteiger partial charge in [-0.1, -0.05) is 28.1 Å². The molecule has 1 aliphatic heterocycles. The van der Waals surface area contributed by atoms with Crippen LogP contribution >= 0.6 is 15.9 Å². The minimum Gasteiger partial charge on any atom is -0.446 e. The fourth-order valence-electron chi connectivity index (χ4n) is 2.12. The molecule has 1 amide bonds. The Kier molecular flexibility index (Phi) is 3.94. The van der Waals surface area contributed by atoms with E-state index >= 15 is 0 Å². The highest BCUT2D eigenvalue weighted by atomic mass is 79.9. The zero-order valence-electron chi connectivity index (χ0n) is 11.7. The summed E-state index contributed by atoms with van der Waals surface area (Å²) in [4.78, 5) is 11.8. The molecular formula is C16H12BrFN2O2. The third-order valence-corrected chi connectivity index (χ3v) is 3.74. The lowest BCUT2D eigenvalue weighted by Gasteiger charge is -2.19. The summed E-state index contributed by atoms with van der Waals surface area (Å²) in [5, 5.41) is 5.49. The Bertz CT molecular complexity index is 729. The smallest absolute Gasteiger partial charge is 0.243 e. The van der Waals surface area contributed by atoms with Gasteiger partial charge in [0.15, 0.2) is 0 Å². The molecule has 0 fully saturated rings. The van der Waals surface area contributed by atoms with E-state index in [-0.39, 0.29) is 11.7 Å². The average molecular weight is 363 g/mol. The Morgan fingerprint density at radius 2 is 1.82 bits per heavy atom. The molecule has 3 rings (SSSR count). The summed E-state index contributed by atoms with van der Waals surface area (Å²) in [7, 11) is 0. The first-order valence-electron chi connectivity index (χ1n) is 6.61. The number of nitrogens with zero attached hydrogens (tertiary/aromatic N) is 2. The van der Waals surface area contributed by atoms with Gasteiger partial charge in [-0.15, -0.1) is 5.10 Å². The van der Waals surface area contributed by atoms with Crippen molar-refractivity contribution in [1.29, 1.82) is 0 Å². The minimum absolute atomic E-state index is 0.249. The van der Waals surface area contributed by atoms with Crippen LogP contribution in [0.2, 0.25) is 0 Å². The van der Waals surface area contributed by atoms with Crippen LogP contribution in [-0.4, -0.2) is 16.8 Å². The maximum atomic E-state index is 13.1. The number of ether oxygens (including phenoxy) is 1. The maximum absolute atomic E-state index is 13.1. The second-order valence-electron chi connectivity index (χ2n) is 4.80. The third kappa shape index (κ3) is 2.87. The van der Waals surface area contributed by atoms with Gasteiger partial charge in [0.05, 0.1) is 0 Å². The fourth-order valence-corrected chi connectivity index (χ4v) is 2.38. The van der Waals surface area contributed by atoms with E-state index in [9.17, 15) is 9.18 Å². The van der Waals surface area contributed by atoms with Gasteiger partial charge in [0.1, 0.15) is 5.82 Å². The molecule has 0 aliphatic carbocycles. The molecule has 22 heavy (non-hydrogen) atoms. The van der Waals surface area contributed by atoms with Crippen LogP contribution in [0.25, 0.3) is 0 Å². The maximum Gasteiger partial charge on any atom is 0.243 e. The quantitative estimate of drug-likeness (QED) is 0.814. The van der Waals surface area contributed by atoms with E-state index in [0.717, 1.165) is 10.0 Å². The van der Waals surface area contributed by atoms with Crippen molar-refractivity contribution < 1.29 is 13.9 Å². The Morgan fingerprint density at radius 1 is 1.18 bits per heavy atom. The molecule has 1 atom stereocenters. The number of carbonyl (C=O) groups excluding carboxylic acids is 1. The molecule has 0 saturated heterocycles. The molecule has 1 unspecified atom stereocenters. The van der Waals surface area contributed by atoms with Crippen LogP contribution in [-0.2, 0) is 9.53 Å². The van der Waals surface area contributed by atoms with Crippen molar-refractivity contribution in [3.63, 3.8) is 0 Å². The molecule has 1 heterocycles. The lowest BCUT2D eigenvalue weighted by atomic mass is 10.2. The summed E-state index contributed by atoms with van der Waals surface area (Å²) >= 11 is 3.36. The number of hydrazone groups is 1. The summed E-state index contributed by atoms with van der Waals surface area (Å²) in [6.07, 6.45) is -0.684. The zero-order chi connectivity index (χ0) is 15.7. The fraction of sp³-hybridized carbons (Fsp3) is 0.125. The van der Waals surface area contributed by atoms with E-state index < -0.39 is 6.23 Å². The molecule has 0 N–H and O–H groups in total. The molecule has 1 aliphatic rings. The molecule has 0 bridgehead atoms. The second-order valence-corrected chi connectivity index (χ2v) is 5.71. The van der Waals surface area contributed by atoms with Crippen LogP contribution < -0.4 is 0 Å². The van der Waals surface area contributed by atoms with Gasteiger partial charge in [0.25, 0.3) is 0 Å². The van der Waals surface area contributed by atoms with Crippen LogP contribution in [0.3, 0.4) is 0 Å². The van der Waals surface area contributed by atoms with Gasteiger partial charge < -0.3 is 4.74 Å². The van der Waals surface area contributed by atoms with E-state index in [1.165, 1.54) is 24.1 Å². The van der Waals surface area contributed by atoms with Crippen molar-refractivity contribution in [1.82, 2.24) is 5.01 Å². The van der Waals surface area contributed by atoms with E-state index in [4.69, 9.17) is 4.74 Å². The van der Waals surface area contributed by atoms with Gasteiger partial charge in [-0.25, -0.2) is 4.39 Å². The van der Waals surface area contributed by atoms with Crippen molar-refractivity contribution in [3.05, 3.63) is 69.9 Å². The van der Waals surface area contributed by atoms with E-state index in [1.54, 1.807) is 12.1 Å². The molecule has 0 saturated carbocycles. The van der Waals surface area contributed by atoms with Gasteiger partial charge in [-0.3, -0.25) is 4.79 Å². The molecule has 2 aromatic rings. The number of amides is 1. The highest BCUT2D eigenvalue weighted by molar-refractivity contribution is 9.10. The first-order chi connectivity index (χ1) is 10.5. The number of hydrogen-bond donors (Lipinski definition) is 0. The SMILES string of the molecule is CC(=O)N1N=C(c2ccc(Br)cc2)OC1c1ccc(F)cc1. The Hall–Kier alpha value is -2.21. The van der Waals surface area contributed by atoms with Crippen LogP contribution in [0.4, 0.5) is 4.39 Å². The van der Waals surface area contributed by atoms with Crippen LogP contribution in [0, 0.1) is 5.82 Å². The minimum atomic E-state index is -0.684. The normalized spacial score (nSPS) is 17.1. The van der Waals surface area contributed by atoms with Gasteiger partial charge in [-0.05, 0) is 36.4 Å². The number of halogens is 2. The predicted octanol–water partition coefficient (Wildman–Crippen LogP) is 3.83. The Morgan fingerprint density at radius 3 is 2.41 bits per heavy atom. The molecular weight excluding hydrogens is 351 g/mol. The Balaban J connectivity index is 1.92. The van der Waals surface area contributed by atoms with Crippen LogP contribution in [0.1, 0.15) is 24.3 Å². The summed E-state index contributed by atoms with van der Waals surface area (Å²) in [6, 6.07) is 13.2. The van der Waals surface area contributed by atoms with Crippen LogP contribution in [0.5, 0.6) is 0 Å². The van der Waals surface area contributed by atoms with Crippen molar-refractivity contribution in [2.75, 3.05) is 0 Å². The average Bonchev–Trinajstić information content (AvgIpc) is 2.94. The summed E-state index contributed by atoms with van der Waals surface area (Å²) < 4.78 is 19.8. The number of benzene rings is 2. The third-order valence-electron chi connectivity index (χ3n) is 3.21. The van der Waals surface area contributed by atoms with Crippen molar-refractivity contribution >= 4 is 27.7 Å². The lowest BCUT2D eigenvalue weighted by molar-refractivity contribution is -0.135. The molecule has 2 aromatic carbocycles. The van der Waals surface area contributed by atoms with E-state index in [1.807, 2.05) is 24.3 Å². The van der Waals surface area contributed by atoms with Gasteiger partial charge in [0.2, 0.25) is 18.0 Å². The molecule has 6 heteroatoms. The monoisotopic (exact) mass is 362 g/mol. The van der Waals surface area contributed by atoms with Crippen LogP contribution in [0.15, 0.2) is 58.1 Å². The number of carbonyl (C=O) groups is 1. The Labute approximate surface area is 135 Å².